The van der Waals surface area contributed by atoms with Crippen molar-refractivity contribution in [1.29, 1.82) is 0 Å². The molecule has 116 valence electrons. The SMILES string of the molecule is C=CC(=O)OCCCN1C(=O)C2CC=CCC2C1=O.CC. The monoisotopic (exact) mass is 293 g/mol. The van der Waals surface area contributed by atoms with Crippen molar-refractivity contribution in [2.45, 2.75) is 33.1 Å². The molecule has 1 aliphatic carbocycles. The number of carbonyl (C=O) groups is 3. The highest BCUT2D eigenvalue weighted by molar-refractivity contribution is 6.05. The molecule has 2 unspecified atom stereocenters. The van der Waals surface area contributed by atoms with Crippen molar-refractivity contribution in [2.24, 2.45) is 11.8 Å². The first-order chi connectivity index (χ1) is 10.1. The highest BCUT2D eigenvalue weighted by Gasteiger charge is 2.46. The normalized spacial score (nSPS) is 23.2. The average molecular weight is 293 g/mol. The smallest absolute Gasteiger partial charge is 0.330 e. The number of imide groups is 1. The predicted octanol–water partition coefficient (Wildman–Crippen LogP) is 2.08. The maximum Gasteiger partial charge on any atom is 0.330 e. The molecule has 0 saturated carbocycles. The number of fused-ring (bicyclic) bond motifs is 1. The topological polar surface area (TPSA) is 63.7 Å². The van der Waals surface area contributed by atoms with Gasteiger partial charge in [-0.3, -0.25) is 14.5 Å². The van der Waals surface area contributed by atoms with Gasteiger partial charge in [-0.05, 0) is 19.3 Å². The Morgan fingerprint density at radius 2 is 1.81 bits per heavy atom. The highest BCUT2D eigenvalue weighted by Crippen LogP contribution is 2.34. The van der Waals surface area contributed by atoms with Gasteiger partial charge in [-0.25, -0.2) is 4.79 Å². The molecule has 0 N–H and O–H groups in total. The second-order valence-corrected chi connectivity index (χ2v) is 4.71. The van der Waals surface area contributed by atoms with E-state index >= 15 is 0 Å². The molecule has 1 saturated heterocycles. The lowest BCUT2D eigenvalue weighted by atomic mass is 9.85. The zero-order chi connectivity index (χ0) is 15.8. The Morgan fingerprint density at radius 1 is 1.29 bits per heavy atom. The third-order valence-corrected chi connectivity index (χ3v) is 3.54. The van der Waals surface area contributed by atoms with E-state index in [2.05, 4.69) is 6.58 Å². The molecular weight excluding hydrogens is 270 g/mol. The van der Waals surface area contributed by atoms with Gasteiger partial charge in [0.1, 0.15) is 0 Å². The van der Waals surface area contributed by atoms with Crippen LogP contribution in [0, 0.1) is 11.8 Å². The van der Waals surface area contributed by atoms with Crippen molar-refractivity contribution in [3.8, 4) is 0 Å². The number of nitrogens with zero attached hydrogens (tertiary/aromatic N) is 1. The van der Waals surface area contributed by atoms with E-state index in [0.717, 1.165) is 6.08 Å². The summed E-state index contributed by atoms with van der Waals surface area (Å²) in [6.07, 6.45) is 6.77. The molecule has 2 amide bonds. The number of likely N-dealkylation sites (tertiary alicyclic amines) is 1. The van der Waals surface area contributed by atoms with Crippen LogP contribution in [0.2, 0.25) is 0 Å². The van der Waals surface area contributed by atoms with Gasteiger partial charge in [0.15, 0.2) is 0 Å². The first-order valence-corrected chi connectivity index (χ1v) is 7.44. The third kappa shape index (κ3) is 4.03. The van der Waals surface area contributed by atoms with Crippen molar-refractivity contribution >= 4 is 17.8 Å². The zero-order valence-corrected chi connectivity index (χ0v) is 12.7. The molecule has 0 radical (unpaired) electrons. The van der Waals surface area contributed by atoms with Crippen LogP contribution in [0.1, 0.15) is 33.1 Å². The summed E-state index contributed by atoms with van der Waals surface area (Å²) < 4.78 is 4.82. The molecule has 1 heterocycles. The second kappa shape index (κ2) is 8.39. The van der Waals surface area contributed by atoms with E-state index in [0.29, 0.717) is 25.8 Å². The largest absolute Gasteiger partial charge is 0.462 e. The Kier molecular flexibility index (Phi) is 6.85. The van der Waals surface area contributed by atoms with Gasteiger partial charge in [0.25, 0.3) is 0 Å². The fourth-order valence-corrected chi connectivity index (χ4v) is 2.54. The van der Waals surface area contributed by atoms with Gasteiger partial charge in [-0.15, -0.1) is 0 Å². The Morgan fingerprint density at radius 3 is 2.29 bits per heavy atom. The van der Waals surface area contributed by atoms with E-state index in [9.17, 15) is 14.4 Å². The van der Waals surface area contributed by atoms with Crippen molar-refractivity contribution in [1.82, 2.24) is 4.90 Å². The minimum Gasteiger partial charge on any atom is -0.462 e. The molecule has 0 aromatic rings. The van der Waals surface area contributed by atoms with E-state index in [1.165, 1.54) is 4.90 Å². The number of amides is 2. The zero-order valence-electron chi connectivity index (χ0n) is 12.7. The summed E-state index contributed by atoms with van der Waals surface area (Å²) in [4.78, 5) is 36.3. The highest BCUT2D eigenvalue weighted by atomic mass is 16.5. The number of esters is 1. The minimum absolute atomic E-state index is 0.0885. The van der Waals surface area contributed by atoms with Crippen LogP contribution < -0.4 is 0 Å². The van der Waals surface area contributed by atoms with Gasteiger partial charge in [0, 0.05) is 12.6 Å². The molecule has 2 aliphatic rings. The summed E-state index contributed by atoms with van der Waals surface area (Å²) in [6, 6.07) is 0. The van der Waals surface area contributed by atoms with Crippen LogP contribution in [-0.2, 0) is 19.1 Å². The quantitative estimate of drug-likeness (QED) is 0.256. The molecule has 0 spiro atoms. The van der Waals surface area contributed by atoms with Crippen LogP contribution >= 0.6 is 0 Å². The average Bonchev–Trinajstić information content (AvgIpc) is 2.78. The van der Waals surface area contributed by atoms with Crippen LogP contribution in [0.5, 0.6) is 0 Å². The first-order valence-electron chi connectivity index (χ1n) is 7.44. The molecule has 0 aromatic heterocycles. The molecule has 5 nitrogen and oxygen atoms in total. The summed E-state index contributed by atoms with van der Waals surface area (Å²) in [5.74, 6) is -1.04. The lowest BCUT2D eigenvalue weighted by molar-refractivity contribution is -0.140. The molecule has 21 heavy (non-hydrogen) atoms. The first kappa shape index (κ1) is 17.1. The molecule has 0 bridgehead atoms. The molecular formula is C16H23NO4. The molecule has 5 heteroatoms. The second-order valence-electron chi connectivity index (χ2n) is 4.71. The van der Waals surface area contributed by atoms with Gasteiger partial charge >= 0.3 is 5.97 Å². The van der Waals surface area contributed by atoms with Gasteiger partial charge in [0.05, 0.1) is 18.4 Å². The van der Waals surface area contributed by atoms with Crippen LogP contribution in [-0.4, -0.2) is 35.8 Å². The third-order valence-electron chi connectivity index (χ3n) is 3.54. The number of hydrogen-bond donors (Lipinski definition) is 0. The Balaban J connectivity index is 0.00000106. The lowest BCUT2D eigenvalue weighted by Crippen LogP contribution is -2.32. The van der Waals surface area contributed by atoms with Gasteiger partial charge in [-0.1, -0.05) is 32.6 Å². The Labute approximate surface area is 125 Å². The van der Waals surface area contributed by atoms with E-state index in [-0.39, 0.29) is 30.3 Å². The summed E-state index contributed by atoms with van der Waals surface area (Å²) in [7, 11) is 0. The van der Waals surface area contributed by atoms with Crippen LogP contribution in [0.15, 0.2) is 24.8 Å². The van der Waals surface area contributed by atoms with Crippen molar-refractivity contribution in [3.63, 3.8) is 0 Å². The number of hydrogen-bond acceptors (Lipinski definition) is 4. The summed E-state index contributed by atoms with van der Waals surface area (Å²) in [6.45, 7) is 7.79. The Hall–Kier alpha value is -1.91. The van der Waals surface area contributed by atoms with Gasteiger partial charge in [0.2, 0.25) is 11.8 Å². The minimum atomic E-state index is -0.489. The molecule has 1 fully saturated rings. The molecule has 1 aliphatic heterocycles. The lowest BCUT2D eigenvalue weighted by Gasteiger charge is -2.14. The maximum absolute atomic E-state index is 12.1. The van der Waals surface area contributed by atoms with Crippen molar-refractivity contribution in [2.75, 3.05) is 13.2 Å². The van der Waals surface area contributed by atoms with E-state index in [4.69, 9.17) is 4.74 Å². The van der Waals surface area contributed by atoms with Crippen molar-refractivity contribution < 1.29 is 19.1 Å². The Bertz CT molecular complexity index is 416. The summed E-state index contributed by atoms with van der Waals surface area (Å²) >= 11 is 0. The van der Waals surface area contributed by atoms with Crippen LogP contribution in [0.25, 0.3) is 0 Å². The number of rotatable bonds is 5. The predicted molar refractivity (Wildman–Crippen MR) is 79.2 cm³/mol. The summed E-state index contributed by atoms with van der Waals surface area (Å²) in [5, 5.41) is 0. The van der Waals surface area contributed by atoms with E-state index in [1.807, 2.05) is 26.0 Å². The van der Waals surface area contributed by atoms with E-state index in [1.54, 1.807) is 0 Å². The van der Waals surface area contributed by atoms with Gasteiger partial charge < -0.3 is 4.74 Å². The standard InChI is InChI=1S/C14H17NO4.C2H6/c1-2-12(16)19-9-5-8-15-13(17)10-6-3-4-7-11(10)14(15)18;1-2/h2-4,10-11H,1,5-9H2;1-2H3. The number of allylic oxidation sites excluding steroid dienone is 2. The number of carbonyl (C=O) groups excluding carboxylic acids is 3. The van der Waals surface area contributed by atoms with Crippen LogP contribution in [0.3, 0.4) is 0 Å². The summed E-state index contributed by atoms with van der Waals surface area (Å²) in [5.41, 5.74) is 0. The van der Waals surface area contributed by atoms with E-state index < -0.39 is 5.97 Å². The number of ether oxygens (including phenoxy) is 1. The van der Waals surface area contributed by atoms with Gasteiger partial charge in [-0.2, -0.15) is 0 Å². The molecule has 0 aromatic carbocycles. The molecule has 2 rings (SSSR count). The fraction of sp³-hybridized carbons (Fsp3) is 0.562. The molecule has 2 atom stereocenters. The fourth-order valence-electron chi connectivity index (χ4n) is 2.54. The van der Waals surface area contributed by atoms with Crippen molar-refractivity contribution in [3.05, 3.63) is 24.8 Å². The maximum atomic E-state index is 12.1. The van der Waals surface area contributed by atoms with Crippen LogP contribution in [0.4, 0.5) is 0 Å².